The molecule has 2 aromatic carbocycles. The van der Waals surface area contributed by atoms with Crippen LogP contribution in [0.25, 0.3) is 16.7 Å². The SMILES string of the molecule is COC1CCCC2(C1)OC(=O)C(c1cc(-c3ccc(Cl)cc3)ccc1C)=C2O. The maximum atomic E-state index is 12.8. The second kappa shape index (κ2) is 7.26. The molecular weight excluding hydrogens is 376 g/mol. The van der Waals surface area contributed by atoms with Crippen LogP contribution in [0.1, 0.15) is 36.8 Å². The summed E-state index contributed by atoms with van der Waals surface area (Å²) in [5, 5.41) is 11.8. The number of esters is 1. The number of ether oxygens (including phenoxy) is 2. The second-order valence-corrected chi connectivity index (χ2v) is 8.03. The molecule has 28 heavy (non-hydrogen) atoms. The number of halogens is 1. The molecule has 1 spiro atoms. The average Bonchev–Trinajstić information content (AvgIpc) is 2.92. The zero-order valence-corrected chi connectivity index (χ0v) is 16.8. The van der Waals surface area contributed by atoms with Crippen LogP contribution in [0.5, 0.6) is 0 Å². The third-order valence-corrected chi connectivity index (χ3v) is 6.09. The van der Waals surface area contributed by atoms with Crippen LogP contribution in [-0.2, 0) is 14.3 Å². The van der Waals surface area contributed by atoms with Crippen LogP contribution in [0.15, 0.2) is 48.2 Å². The van der Waals surface area contributed by atoms with Gasteiger partial charge in [-0.1, -0.05) is 35.9 Å². The van der Waals surface area contributed by atoms with Gasteiger partial charge in [-0.25, -0.2) is 4.79 Å². The maximum absolute atomic E-state index is 12.8. The van der Waals surface area contributed by atoms with E-state index in [1.54, 1.807) is 7.11 Å². The Kier molecular flexibility index (Phi) is 4.94. The highest BCUT2D eigenvalue weighted by atomic mass is 35.5. The first-order valence-corrected chi connectivity index (χ1v) is 9.88. The zero-order chi connectivity index (χ0) is 19.9. The Bertz CT molecular complexity index is 948. The van der Waals surface area contributed by atoms with Crippen LogP contribution >= 0.6 is 11.6 Å². The normalized spacial score (nSPS) is 24.7. The van der Waals surface area contributed by atoms with Crippen molar-refractivity contribution in [3.05, 3.63) is 64.4 Å². The summed E-state index contributed by atoms with van der Waals surface area (Å²) in [6.45, 7) is 1.93. The smallest absolute Gasteiger partial charge is 0.343 e. The van der Waals surface area contributed by atoms with E-state index in [2.05, 4.69) is 0 Å². The lowest BCUT2D eigenvalue weighted by molar-refractivity contribution is -0.153. The van der Waals surface area contributed by atoms with Crippen molar-refractivity contribution in [2.75, 3.05) is 7.11 Å². The van der Waals surface area contributed by atoms with E-state index in [1.165, 1.54) is 0 Å². The molecule has 1 aliphatic carbocycles. The quantitative estimate of drug-likeness (QED) is 0.696. The van der Waals surface area contributed by atoms with E-state index in [4.69, 9.17) is 21.1 Å². The Hall–Kier alpha value is -2.30. The van der Waals surface area contributed by atoms with Crippen LogP contribution in [0.2, 0.25) is 5.02 Å². The van der Waals surface area contributed by atoms with Gasteiger partial charge in [0.1, 0.15) is 5.57 Å². The predicted molar refractivity (Wildman–Crippen MR) is 109 cm³/mol. The Morgan fingerprint density at radius 1 is 1.18 bits per heavy atom. The number of rotatable bonds is 3. The van der Waals surface area contributed by atoms with Gasteiger partial charge in [0.05, 0.1) is 6.10 Å². The number of hydrogen-bond donors (Lipinski definition) is 1. The van der Waals surface area contributed by atoms with Crippen molar-refractivity contribution in [2.24, 2.45) is 0 Å². The number of benzene rings is 2. The van der Waals surface area contributed by atoms with Crippen LogP contribution < -0.4 is 0 Å². The molecule has 0 aromatic heterocycles. The van der Waals surface area contributed by atoms with Crippen molar-refractivity contribution in [3.8, 4) is 11.1 Å². The molecule has 1 aliphatic heterocycles. The molecule has 0 radical (unpaired) electrons. The minimum absolute atomic E-state index is 0.0236. The molecule has 1 saturated carbocycles. The van der Waals surface area contributed by atoms with Crippen molar-refractivity contribution in [1.82, 2.24) is 0 Å². The fraction of sp³-hybridized carbons (Fsp3) is 0.348. The van der Waals surface area contributed by atoms with E-state index < -0.39 is 11.6 Å². The first-order chi connectivity index (χ1) is 13.4. The molecule has 146 valence electrons. The minimum Gasteiger partial charge on any atom is -0.507 e. The fourth-order valence-corrected chi connectivity index (χ4v) is 4.37. The number of carbonyl (C=O) groups excluding carboxylic acids is 1. The van der Waals surface area contributed by atoms with Gasteiger partial charge in [-0.05, 0) is 66.6 Å². The van der Waals surface area contributed by atoms with Gasteiger partial charge in [-0.3, -0.25) is 0 Å². The van der Waals surface area contributed by atoms with Gasteiger partial charge in [0.25, 0.3) is 0 Å². The van der Waals surface area contributed by atoms with E-state index in [9.17, 15) is 9.90 Å². The van der Waals surface area contributed by atoms with E-state index in [1.807, 2.05) is 49.4 Å². The van der Waals surface area contributed by atoms with Crippen molar-refractivity contribution in [3.63, 3.8) is 0 Å². The highest BCUT2D eigenvalue weighted by Gasteiger charge is 2.51. The van der Waals surface area contributed by atoms with Crippen molar-refractivity contribution in [1.29, 1.82) is 0 Å². The standard InChI is InChI=1S/C23H23ClO4/c1-14-5-6-16(15-7-9-17(24)10-8-15)12-19(14)20-21(25)23(28-22(20)26)11-3-4-18(13-23)27-2/h5-10,12,18,25H,3-4,11,13H2,1-2H3. The molecule has 1 N–H and O–H groups in total. The van der Waals surface area contributed by atoms with Crippen LogP contribution in [0, 0.1) is 6.92 Å². The summed E-state index contributed by atoms with van der Waals surface area (Å²) in [5.74, 6) is -0.429. The summed E-state index contributed by atoms with van der Waals surface area (Å²) in [6, 6.07) is 13.4. The van der Waals surface area contributed by atoms with E-state index in [0.29, 0.717) is 23.4 Å². The average molecular weight is 399 g/mol. The Morgan fingerprint density at radius 2 is 1.89 bits per heavy atom. The van der Waals surface area contributed by atoms with Gasteiger partial charge >= 0.3 is 5.97 Å². The summed E-state index contributed by atoms with van der Waals surface area (Å²) in [5.41, 5.74) is 2.85. The van der Waals surface area contributed by atoms with Crippen molar-refractivity contribution < 1.29 is 19.4 Å². The summed E-state index contributed by atoms with van der Waals surface area (Å²) in [7, 11) is 1.65. The zero-order valence-electron chi connectivity index (χ0n) is 16.0. The molecule has 2 unspecified atom stereocenters. The largest absolute Gasteiger partial charge is 0.507 e. The van der Waals surface area contributed by atoms with Gasteiger partial charge in [0, 0.05) is 18.6 Å². The lowest BCUT2D eigenvalue weighted by atomic mass is 9.80. The highest BCUT2D eigenvalue weighted by Crippen LogP contribution is 2.46. The summed E-state index contributed by atoms with van der Waals surface area (Å²) in [4.78, 5) is 12.8. The number of aliphatic hydroxyl groups excluding tert-OH is 1. The molecule has 2 atom stereocenters. The highest BCUT2D eigenvalue weighted by molar-refractivity contribution is 6.30. The van der Waals surface area contributed by atoms with Gasteiger partial charge in [0.15, 0.2) is 11.4 Å². The minimum atomic E-state index is -0.964. The first kappa shape index (κ1) is 19.0. The van der Waals surface area contributed by atoms with Gasteiger partial charge in [0.2, 0.25) is 0 Å². The molecule has 2 aromatic rings. The number of hydrogen-bond acceptors (Lipinski definition) is 4. The third-order valence-electron chi connectivity index (χ3n) is 5.84. The van der Waals surface area contributed by atoms with Crippen LogP contribution in [0.3, 0.4) is 0 Å². The molecule has 2 aliphatic rings. The molecule has 0 saturated heterocycles. The number of methoxy groups -OCH3 is 1. The molecule has 0 bridgehead atoms. The Balaban J connectivity index is 1.78. The van der Waals surface area contributed by atoms with E-state index >= 15 is 0 Å². The molecule has 0 amide bonds. The van der Waals surface area contributed by atoms with Gasteiger partial charge < -0.3 is 14.6 Å². The molecule has 1 heterocycles. The summed E-state index contributed by atoms with van der Waals surface area (Å²) >= 11 is 5.99. The van der Waals surface area contributed by atoms with Crippen molar-refractivity contribution in [2.45, 2.75) is 44.3 Å². The summed E-state index contributed by atoms with van der Waals surface area (Å²) in [6.07, 6.45) is 2.82. The van der Waals surface area contributed by atoms with Crippen molar-refractivity contribution >= 4 is 23.1 Å². The monoisotopic (exact) mass is 398 g/mol. The molecule has 4 nitrogen and oxygen atoms in total. The second-order valence-electron chi connectivity index (χ2n) is 7.60. The number of carbonyl (C=O) groups is 1. The van der Waals surface area contributed by atoms with E-state index in [0.717, 1.165) is 29.5 Å². The van der Waals surface area contributed by atoms with Gasteiger partial charge in [-0.15, -0.1) is 0 Å². The fourth-order valence-electron chi connectivity index (χ4n) is 4.25. The third kappa shape index (κ3) is 3.21. The Labute approximate surface area is 169 Å². The first-order valence-electron chi connectivity index (χ1n) is 9.50. The van der Waals surface area contributed by atoms with Crippen LogP contribution in [-0.4, -0.2) is 29.9 Å². The predicted octanol–water partition coefficient (Wildman–Crippen LogP) is 5.47. The molecule has 4 rings (SSSR count). The lowest BCUT2D eigenvalue weighted by Crippen LogP contribution is -2.40. The maximum Gasteiger partial charge on any atom is 0.343 e. The summed E-state index contributed by atoms with van der Waals surface area (Å²) < 4.78 is 11.2. The lowest BCUT2D eigenvalue weighted by Gasteiger charge is -2.35. The van der Waals surface area contributed by atoms with Crippen LogP contribution in [0.4, 0.5) is 0 Å². The number of aryl methyl sites for hydroxylation is 1. The molecular formula is C23H23ClO4. The Morgan fingerprint density at radius 3 is 2.61 bits per heavy atom. The van der Waals surface area contributed by atoms with Gasteiger partial charge in [-0.2, -0.15) is 0 Å². The molecule has 5 heteroatoms. The topological polar surface area (TPSA) is 55.8 Å². The van der Waals surface area contributed by atoms with E-state index in [-0.39, 0.29) is 17.4 Å². The number of aliphatic hydroxyl groups is 1. The molecule has 1 fully saturated rings.